The van der Waals surface area contributed by atoms with Crippen molar-refractivity contribution in [3.63, 3.8) is 0 Å². The van der Waals surface area contributed by atoms with Crippen molar-refractivity contribution >= 4 is 21.7 Å². The maximum atomic E-state index is 13.0. The van der Waals surface area contributed by atoms with Gasteiger partial charge in [0.15, 0.2) is 5.78 Å². The summed E-state index contributed by atoms with van der Waals surface area (Å²) in [6.45, 7) is 1.85. The number of aryl methyl sites for hydroxylation is 2. The van der Waals surface area contributed by atoms with Gasteiger partial charge in [0.1, 0.15) is 5.82 Å². The minimum absolute atomic E-state index is 0.156. The van der Waals surface area contributed by atoms with Crippen LogP contribution >= 0.6 is 15.9 Å². The number of hydrogen-bond acceptors (Lipinski definition) is 3. The maximum Gasteiger partial charge on any atom is 0.170 e. The zero-order valence-corrected chi connectivity index (χ0v) is 11.5. The molecule has 0 N–H and O–H groups in total. The summed E-state index contributed by atoms with van der Waals surface area (Å²) in [5.74, 6) is -0.702. The predicted molar refractivity (Wildman–Crippen MR) is 67.9 cm³/mol. The zero-order chi connectivity index (χ0) is 13.3. The van der Waals surface area contributed by atoms with E-state index in [-0.39, 0.29) is 17.8 Å². The fourth-order valence-electron chi connectivity index (χ4n) is 1.69. The third-order valence-corrected chi connectivity index (χ3v) is 3.65. The highest BCUT2D eigenvalue weighted by Gasteiger charge is 2.16. The van der Waals surface area contributed by atoms with Crippen LogP contribution in [0.25, 0.3) is 0 Å². The molecule has 0 radical (unpaired) electrons. The molecule has 0 atom stereocenters. The molecule has 0 spiro atoms. The Morgan fingerprint density at radius 1 is 1.50 bits per heavy atom. The second-order valence-electron chi connectivity index (χ2n) is 3.96. The molecule has 6 heteroatoms. The summed E-state index contributed by atoms with van der Waals surface area (Å²) in [5, 5.41) is 4.20. The molecule has 0 aliphatic rings. The highest BCUT2D eigenvalue weighted by molar-refractivity contribution is 9.10. The van der Waals surface area contributed by atoms with E-state index in [0.29, 0.717) is 0 Å². The molecule has 0 saturated carbocycles. The highest BCUT2D eigenvalue weighted by atomic mass is 79.9. The Labute approximate surface area is 112 Å². The number of rotatable bonds is 3. The molecule has 2 aromatic heterocycles. The third-order valence-electron chi connectivity index (χ3n) is 2.62. The van der Waals surface area contributed by atoms with Crippen molar-refractivity contribution in [2.45, 2.75) is 13.3 Å². The van der Waals surface area contributed by atoms with E-state index >= 15 is 0 Å². The number of nitrogens with zero attached hydrogens (tertiary/aromatic N) is 3. The molecule has 0 saturated heterocycles. The van der Waals surface area contributed by atoms with E-state index in [0.717, 1.165) is 22.1 Å². The van der Waals surface area contributed by atoms with Gasteiger partial charge in [-0.15, -0.1) is 0 Å². The van der Waals surface area contributed by atoms with E-state index in [1.807, 2.05) is 6.92 Å². The van der Waals surface area contributed by atoms with Gasteiger partial charge < -0.3 is 0 Å². The van der Waals surface area contributed by atoms with Gasteiger partial charge in [0.2, 0.25) is 0 Å². The van der Waals surface area contributed by atoms with Gasteiger partial charge in [0.25, 0.3) is 0 Å². The van der Waals surface area contributed by atoms with Gasteiger partial charge >= 0.3 is 0 Å². The lowest BCUT2D eigenvalue weighted by atomic mass is 10.1. The Balaban J connectivity index is 2.27. The molecule has 2 aromatic rings. The van der Waals surface area contributed by atoms with Crippen LogP contribution < -0.4 is 0 Å². The maximum absolute atomic E-state index is 13.0. The normalized spacial score (nSPS) is 10.7. The van der Waals surface area contributed by atoms with Crippen molar-refractivity contribution in [2.75, 3.05) is 0 Å². The highest BCUT2D eigenvalue weighted by Crippen LogP contribution is 2.21. The minimum Gasteiger partial charge on any atom is -0.294 e. The number of Topliss-reactive ketones (excluding diaryl/α,β-unsaturated/α-hetero) is 1. The summed E-state index contributed by atoms with van der Waals surface area (Å²) in [6, 6.07) is 1.19. The number of ketones is 1. The third kappa shape index (κ3) is 2.48. The lowest BCUT2D eigenvalue weighted by Gasteiger charge is -2.02. The number of carbonyl (C=O) groups excluding carboxylic acids is 1. The Morgan fingerprint density at radius 3 is 2.78 bits per heavy atom. The summed E-state index contributed by atoms with van der Waals surface area (Å²) < 4.78 is 15.4. The fourth-order valence-corrected chi connectivity index (χ4v) is 2.17. The molecule has 18 heavy (non-hydrogen) atoms. The molecule has 0 aromatic carbocycles. The summed E-state index contributed by atoms with van der Waals surface area (Å²) in [5.41, 5.74) is 1.85. The van der Waals surface area contributed by atoms with Crippen molar-refractivity contribution < 1.29 is 9.18 Å². The van der Waals surface area contributed by atoms with Gasteiger partial charge in [-0.1, -0.05) is 0 Å². The second-order valence-corrected chi connectivity index (χ2v) is 4.75. The van der Waals surface area contributed by atoms with Crippen molar-refractivity contribution in [1.82, 2.24) is 14.8 Å². The topological polar surface area (TPSA) is 47.8 Å². The summed E-state index contributed by atoms with van der Waals surface area (Å²) in [4.78, 5) is 15.7. The average molecular weight is 312 g/mol. The molecule has 4 nitrogen and oxygen atoms in total. The molecule has 0 aliphatic heterocycles. The van der Waals surface area contributed by atoms with E-state index in [9.17, 15) is 9.18 Å². The molecule has 0 unspecified atom stereocenters. The molecule has 2 heterocycles. The van der Waals surface area contributed by atoms with Crippen LogP contribution in [0.15, 0.2) is 22.9 Å². The number of halogens is 2. The second kappa shape index (κ2) is 4.97. The standard InChI is InChI=1S/C12H11BrFN3O/c1-7-12(13)10(17(2)16-7)4-11(18)8-3-9(14)6-15-5-8/h3,5-6H,4H2,1-2H3. The fraction of sp³-hybridized carbons (Fsp3) is 0.250. The van der Waals surface area contributed by atoms with Crippen LogP contribution in [0.2, 0.25) is 0 Å². The van der Waals surface area contributed by atoms with E-state index in [4.69, 9.17) is 0 Å². The molecule has 0 fully saturated rings. The molecule has 2 rings (SSSR count). The van der Waals surface area contributed by atoms with Gasteiger partial charge in [0, 0.05) is 18.8 Å². The van der Waals surface area contributed by atoms with Gasteiger partial charge in [-0.2, -0.15) is 5.10 Å². The van der Waals surface area contributed by atoms with Crippen molar-refractivity contribution in [1.29, 1.82) is 0 Å². The van der Waals surface area contributed by atoms with Crippen LogP contribution in [0.4, 0.5) is 4.39 Å². The van der Waals surface area contributed by atoms with Crippen molar-refractivity contribution in [3.05, 3.63) is 45.7 Å². The first-order chi connectivity index (χ1) is 8.49. The van der Waals surface area contributed by atoms with E-state index in [1.165, 1.54) is 12.3 Å². The Kier molecular flexibility index (Phi) is 3.56. The Morgan fingerprint density at radius 2 is 2.22 bits per heavy atom. The number of hydrogen-bond donors (Lipinski definition) is 0. The molecule has 0 aliphatic carbocycles. The van der Waals surface area contributed by atoms with Gasteiger partial charge in [-0.3, -0.25) is 14.5 Å². The van der Waals surface area contributed by atoms with Crippen LogP contribution in [0.3, 0.4) is 0 Å². The first kappa shape index (κ1) is 12.9. The van der Waals surface area contributed by atoms with Crippen LogP contribution in [-0.4, -0.2) is 20.5 Å². The number of aromatic nitrogens is 3. The smallest absolute Gasteiger partial charge is 0.170 e. The number of carbonyl (C=O) groups is 1. The largest absolute Gasteiger partial charge is 0.294 e. The van der Waals surface area contributed by atoms with Crippen LogP contribution in [0.1, 0.15) is 21.7 Å². The van der Waals surface area contributed by atoms with Crippen LogP contribution in [0.5, 0.6) is 0 Å². The van der Waals surface area contributed by atoms with Crippen molar-refractivity contribution in [2.24, 2.45) is 7.05 Å². The molecular weight excluding hydrogens is 301 g/mol. The Hall–Kier alpha value is -1.56. The van der Waals surface area contributed by atoms with Gasteiger partial charge in [-0.05, 0) is 28.9 Å². The predicted octanol–water partition coefficient (Wildman–Crippen LogP) is 2.45. The lowest BCUT2D eigenvalue weighted by molar-refractivity contribution is 0.0989. The summed E-state index contributed by atoms with van der Waals surface area (Å²) >= 11 is 3.39. The average Bonchev–Trinajstić information content (AvgIpc) is 2.56. The summed E-state index contributed by atoms with van der Waals surface area (Å²) in [6.07, 6.45) is 2.59. The first-order valence-electron chi connectivity index (χ1n) is 5.30. The quantitative estimate of drug-likeness (QED) is 0.818. The van der Waals surface area contributed by atoms with Crippen molar-refractivity contribution in [3.8, 4) is 0 Å². The van der Waals surface area contributed by atoms with Gasteiger partial charge in [-0.25, -0.2) is 4.39 Å². The first-order valence-corrected chi connectivity index (χ1v) is 6.10. The monoisotopic (exact) mass is 311 g/mol. The molecule has 0 amide bonds. The SMILES string of the molecule is Cc1nn(C)c(CC(=O)c2cncc(F)c2)c1Br. The lowest BCUT2D eigenvalue weighted by Crippen LogP contribution is -2.09. The molecular formula is C12H11BrFN3O. The van der Waals surface area contributed by atoms with E-state index in [2.05, 4.69) is 26.0 Å². The zero-order valence-electron chi connectivity index (χ0n) is 9.94. The van der Waals surface area contributed by atoms with Gasteiger partial charge in [0.05, 0.1) is 28.5 Å². The molecule has 0 bridgehead atoms. The summed E-state index contributed by atoms with van der Waals surface area (Å²) in [7, 11) is 1.77. The molecule has 94 valence electrons. The van der Waals surface area contributed by atoms with E-state index in [1.54, 1.807) is 11.7 Å². The van der Waals surface area contributed by atoms with Crippen LogP contribution in [-0.2, 0) is 13.5 Å². The Bertz CT molecular complexity index is 609. The minimum atomic E-state index is -0.513. The number of pyridine rings is 1. The van der Waals surface area contributed by atoms with E-state index < -0.39 is 5.82 Å². The van der Waals surface area contributed by atoms with Crippen LogP contribution in [0, 0.1) is 12.7 Å².